The maximum absolute atomic E-state index is 12.7. The third kappa shape index (κ3) is 3.61. The molecule has 0 saturated carbocycles. The minimum Gasteiger partial charge on any atom is -0.467 e. The molecule has 0 N–H and O–H groups in total. The van der Waals surface area contributed by atoms with Crippen LogP contribution in [0.3, 0.4) is 0 Å². The largest absolute Gasteiger partial charge is 0.467 e. The van der Waals surface area contributed by atoms with Crippen LogP contribution in [0.15, 0.2) is 57.9 Å². The van der Waals surface area contributed by atoms with Crippen LogP contribution in [0, 0.1) is 17.0 Å². The molecule has 0 radical (unpaired) electrons. The van der Waals surface area contributed by atoms with Gasteiger partial charge in [0.1, 0.15) is 11.4 Å². The number of amides is 1. The zero-order chi connectivity index (χ0) is 19.6. The lowest BCUT2D eigenvalue weighted by atomic mass is 10.2. The number of rotatable bonds is 5. The number of benzene rings is 1. The second-order valence-corrected chi connectivity index (χ2v) is 5.90. The Bertz CT molecular complexity index is 1060. The standard InChI is InChI=1S/C18H16N4O5/c1-12-10-16(23)17(18(24)20(2)11-13-6-5-9-27-13)19-21(12)14-7-3-4-8-15(14)22(25)26/h3-10H,11H2,1-2H3. The summed E-state index contributed by atoms with van der Waals surface area (Å²) in [7, 11) is 1.52. The molecular weight excluding hydrogens is 352 g/mol. The van der Waals surface area contributed by atoms with E-state index in [0.29, 0.717) is 11.5 Å². The Labute approximate surface area is 153 Å². The van der Waals surface area contributed by atoms with Crippen LogP contribution in [0.4, 0.5) is 5.69 Å². The molecule has 9 nitrogen and oxygen atoms in total. The number of aryl methyl sites for hydroxylation is 1. The summed E-state index contributed by atoms with van der Waals surface area (Å²) in [5.74, 6) is -0.0549. The Hall–Kier alpha value is -3.75. The van der Waals surface area contributed by atoms with Crippen molar-refractivity contribution >= 4 is 11.6 Å². The van der Waals surface area contributed by atoms with Gasteiger partial charge in [-0.05, 0) is 25.1 Å². The Morgan fingerprint density at radius 3 is 2.70 bits per heavy atom. The molecule has 138 valence electrons. The third-order valence-corrected chi connectivity index (χ3v) is 3.94. The van der Waals surface area contributed by atoms with Gasteiger partial charge in [-0.2, -0.15) is 5.10 Å². The van der Waals surface area contributed by atoms with E-state index in [9.17, 15) is 19.7 Å². The Morgan fingerprint density at radius 1 is 1.30 bits per heavy atom. The first-order valence-corrected chi connectivity index (χ1v) is 8.01. The normalized spacial score (nSPS) is 10.6. The Kier molecular flexibility index (Phi) is 4.84. The van der Waals surface area contributed by atoms with Crippen molar-refractivity contribution in [2.45, 2.75) is 13.5 Å². The van der Waals surface area contributed by atoms with Crippen molar-refractivity contribution in [3.8, 4) is 5.69 Å². The summed E-state index contributed by atoms with van der Waals surface area (Å²) < 4.78 is 6.43. The molecule has 0 aliphatic heterocycles. The predicted octanol–water partition coefficient (Wildman–Crippen LogP) is 2.31. The third-order valence-electron chi connectivity index (χ3n) is 3.94. The molecule has 0 unspecified atom stereocenters. The number of carbonyl (C=O) groups is 1. The summed E-state index contributed by atoms with van der Waals surface area (Å²) in [6.45, 7) is 1.75. The molecule has 0 bridgehead atoms. The number of para-hydroxylation sites is 2. The van der Waals surface area contributed by atoms with Gasteiger partial charge >= 0.3 is 0 Å². The average molecular weight is 368 g/mol. The second kappa shape index (κ2) is 7.24. The van der Waals surface area contributed by atoms with Gasteiger partial charge in [-0.15, -0.1) is 0 Å². The van der Waals surface area contributed by atoms with Gasteiger partial charge in [0.25, 0.3) is 11.6 Å². The smallest absolute Gasteiger partial charge is 0.294 e. The van der Waals surface area contributed by atoms with Crippen LogP contribution in [-0.4, -0.2) is 32.6 Å². The number of nitro groups is 1. The van der Waals surface area contributed by atoms with Crippen LogP contribution < -0.4 is 5.43 Å². The Balaban J connectivity index is 2.04. The fourth-order valence-electron chi connectivity index (χ4n) is 2.63. The van der Waals surface area contributed by atoms with Crippen molar-refractivity contribution in [1.82, 2.24) is 14.7 Å². The van der Waals surface area contributed by atoms with Gasteiger partial charge in [-0.3, -0.25) is 19.7 Å². The number of hydrogen-bond donors (Lipinski definition) is 0. The van der Waals surface area contributed by atoms with Gasteiger partial charge in [0, 0.05) is 24.9 Å². The highest BCUT2D eigenvalue weighted by molar-refractivity contribution is 5.91. The number of aromatic nitrogens is 2. The number of hydrogen-bond acceptors (Lipinski definition) is 6. The second-order valence-electron chi connectivity index (χ2n) is 5.90. The lowest BCUT2D eigenvalue weighted by Gasteiger charge is -2.16. The highest BCUT2D eigenvalue weighted by atomic mass is 16.6. The van der Waals surface area contributed by atoms with Crippen molar-refractivity contribution < 1.29 is 14.1 Å². The number of furan rings is 1. The highest BCUT2D eigenvalue weighted by Gasteiger charge is 2.22. The molecule has 27 heavy (non-hydrogen) atoms. The molecule has 0 aliphatic carbocycles. The number of carbonyl (C=O) groups excluding carboxylic acids is 1. The molecule has 1 amide bonds. The van der Waals surface area contributed by atoms with Crippen molar-refractivity contribution in [3.05, 3.63) is 86.2 Å². The molecule has 1 aromatic carbocycles. The van der Waals surface area contributed by atoms with Crippen molar-refractivity contribution in [1.29, 1.82) is 0 Å². The van der Waals surface area contributed by atoms with Gasteiger partial charge in [-0.25, -0.2) is 4.68 Å². The van der Waals surface area contributed by atoms with E-state index in [1.807, 2.05) is 0 Å². The maximum Gasteiger partial charge on any atom is 0.294 e. The van der Waals surface area contributed by atoms with Crippen LogP contribution in [0.5, 0.6) is 0 Å². The summed E-state index contributed by atoms with van der Waals surface area (Å²) in [6.07, 6.45) is 1.49. The van der Waals surface area contributed by atoms with Gasteiger partial charge in [0.15, 0.2) is 5.69 Å². The molecule has 0 saturated heterocycles. The van der Waals surface area contributed by atoms with E-state index in [1.54, 1.807) is 25.1 Å². The highest BCUT2D eigenvalue weighted by Crippen LogP contribution is 2.22. The number of nitrogens with zero attached hydrogens (tertiary/aromatic N) is 4. The monoisotopic (exact) mass is 368 g/mol. The topological polar surface area (TPSA) is 111 Å². The first-order chi connectivity index (χ1) is 12.9. The molecule has 0 aliphatic rings. The summed E-state index contributed by atoms with van der Waals surface area (Å²) in [5, 5.41) is 15.4. The molecule has 0 spiro atoms. The minimum absolute atomic E-state index is 0.159. The maximum atomic E-state index is 12.7. The van der Waals surface area contributed by atoms with E-state index < -0.39 is 16.3 Å². The van der Waals surface area contributed by atoms with Crippen molar-refractivity contribution in [3.63, 3.8) is 0 Å². The van der Waals surface area contributed by atoms with Crippen molar-refractivity contribution in [2.75, 3.05) is 7.05 Å². The van der Waals surface area contributed by atoms with E-state index in [1.165, 1.54) is 47.2 Å². The van der Waals surface area contributed by atoms with Gasteiger partial charge in [-0.1, -0.05) is 12.1 Å². The summed E-state index contributed by atoms with van der Waals surface area (Å²) >= 11 is 0. The first-order valence-electron chi connectivity index (χ1n) is 8.01. The van der Waals surface area contributed by atoms with Crippen LogP contribution >= 0.6 is 0 Å². The molecular formula is C18H16N4O5. The average Bonchev–Trinajstić information content (AvgIpc) is 3.14. The first kappa shape index (κ1) is 18.1. The Morgan fingerprint density at radius 2 is 2.04 bits per heavy atom. The summed E-state index contributed by atoms with van der Waals surface area (Å²) in [6, 6.07) is 10.6. The van der Waals surface area contributed by atoms with Crippen molar-refractivity contribution in [2.24, 2.45) is 0 Å². The molecule has 3 aromatic rings. The van der Waals surface area contributed by atoms with Gasteiger partial charge in [0.05, 0.1) is 17.7 Å². The SMILES string of the molecule is Cc1cc(=O)c(C(=O)N(C)Cc2ccco2)nn1-c1ccccc1[N+](=O)[O-]. The molecule has 3 rings (SSSR count). The van der Waals surface area contributed by atoms with Crippen LogP contribution in [0.1, 0.15) is 21.9 Å². The van der Waals surface area contributed by atoms with E-state index in [0.717, 1.165) is 0 Å². The number of nitro benzene ring substituents is 1. The van der Waals surface area contributed by atoms with Crippen LogP contribution in [-0.2, 0) is 6.54 Å². The minimum atomic E-state index is -0.608. The molecule has 9 heteroatoms. The lowest BCUT2D eigenvalue weighted by Crippen LogP contribution is -2.33. The fourth-order valence-corrected chi connectivity index (χ4v) is 2.63. The quantitative estimate of drug-likeness (QED) is 0.505. The van der Waals surface area contributed by atoms with Gasteiger partial charge < -0.3 is 9.32 Å². The van der Waals surface area contributed by atoms with E-state index in [2.05, 4.69) is 5.10 Å². The lowest BCUT2D eigenvalue weighted by molar-refractivity contribution is -0.384. The van der Waals surface area contributed by atoms with E-state index in [4.69, 9.17) is 4.42 Å². The summed E-state index contributed by atoms with van der Waals surface area (Å²) in [5.41, 5.74) is -0.521. The molecule has 0 fully saturated rings. The van der Waals surface area contributed by atoms with E-state index >= 15 is 0 Å². The molecule has 2 aromatic heterocycles. The van der Waals surface area contributed by atoms with Crippen LogP contribution in [0.2, 0.25) is 0 Å². The zero-order valence-electron chi connectivity index (χ0n) is 14.7. The zero-order valence-corrected chi connectivity index (χ0v) is 14.7. The predicted molar refractivity (Wildman–Crippen MR) is 95.7 cm³/mol. The molecule has 2 heterocycles. The fraction of sp³-hybridized carbons (Fsp3) is 0.167. The molecule has 0 atom stereocenters. The summed E-state index contributed by atoms with van der Waals surface area (Å²) in [4.78, 5) is 37.0. The van der Waals surface area contributed by atoms with Crippen LogP contribution in [0.25, 0.3) is 5.69 Å². The van der Waals surface area contributed by atoms with Gasteiger partial charge in [0.2, 0.25) is 5.43 Å². The van der Waals surface area contributed by atoms with E-state index in [-0.39, 0.29) is 23.6 Å².